The second-order valence-corrected chi connectivity index (χ2v) is 4.09. The molecule has 2 aromatic carbocycles. The van der Waals surface area contributed by atoms with E-state index in [9.17, 15) is 0 Å². The van der Waals surface area contributed by atoms with E-state index in [1.807, 2.05) is 42.5 Å². The monoisotopic (exact) mass is 252 g/mol. The molecule has 0 saturated heterocycles. The zero-order valence-corrected chi connectivity index (χ0v) is 10.1. The lowest BCUT2D eigenvalue weighted by Gasteiger charge is -1.93. The minimum Gasteiger partial charge on any atom is -0.455 e. The number of fused-ring (bicyclic) bond motifs is 3. The van der Waals surface area contributed by atoms with E-state index >= 15 is 0 Å². The Morgan fingerprint density at radius 1 is 1.00 bits per heavy atom. The molecule has 0 aliphatic heterocycles. The first-order valence-electron chi connectivity index (χ1n) is 5.78. The van der Waals surface area contributed by atoms with Gasteiger partial charge in [-0.15, -0.1) is 5.10 Å². The van der Waals surface area contributed by atoms with Crippen molar-refractivity contribution in [2.45, 2.75) is 0 Å². The SMILES string of the molecule is NC(N)=NN=Cc1cccc2c1oc1ccccc12. The maximum absolute atomic E-state index is 5.84. The standard InChI is InChI=1S/C14H12N4O/c15-14(16)18-17-8-9-4-3-6-11-10-5-1-2-7-12(10)19-13(9)11/h1-8H,(H4,15,16,18). The third-order valence-corrected chi connectivity index (χ3v) is 2.80. The van der Waals surface area contributed by atoms with Crippen LogP contribution in [0.2, 0.25) is 0 Å². The molecular weight excluding hydrogens is 240 g/mol. The number of nitrogens with two attached hydrogens (primary N) is 2. The van der Waals surface area contributed by atoms with Crippen LogP contribution < -0.4 is 11.5 Å². The summed E-state index contributed by atoms with van der Waals surface area (Å²) in [6.07, 6.45) is 1.57. The number of nitrogens with zero attached hydrogens (tertiary/aromatic N) is 2. The Hall–Kier alpha value is -2.82. The molecule has 3 rings (SSSR count). The van der Waals surface area contributed by atoms with E-state index in [0.29, 0.717) is 0 Å². The summed E-state index contributed by atoms with van der Waals surface area (Å²) in [5, 5.41) is 9.52. The number of hydrogen-bond donors (Lipinski definition) is 2. The molecule has 3 aromatic rings. The minimum absolute atomic E-state index is 0.0759. The van der Waals surface area contributed by atoms with Crippen LogP contribution in [0.5, 0.6) is 0 Å². The first-order chi connectivity index (χ1) is 9.25. The van der Waals surface area contributed by atoms with Gasteiger partial charge in [0.1, 0.15) is 11.2 Å². The number of guanidine groups is 1. The maximum Gasteiger partial charge on any atom is 0.211 e. The Bertz CT molecular complexity index is 797. The Kier molecular flexibility index (Phi) is 2.64. The predicted molar refractivity (Wildman–Crippen MR) is 77.1 cm³/mol. The number of rotatable bonds is 2. The van der Waals surface area contributed by atoms with Crippen LogP contribution in [-0.2, 0) is 0 Å². The van der Waals surface area contributed by atoms with Crippen LogP contribution in [0, 0.1) is 0 Å². The van der Waals surface area contributed by atoms with Gasteiger partial charge in [-0.3, -0.25) is 0 Å². The summed E-state index contributed by atoms with van der Waals surface area (Å²) in [5.41, 5.74) is 12.9. The van der Waals surface area contributed by atoms with E-state index in [-0.39, 0.29) is 5.96 Å². The summed E-state index contributed by atoms with van der Waals surface area (Å²) in [5.74, 6) is -0.0759. The second-order valence-electron chi connectivity index (χ2n) is 4.09. The molecule has 0 spiro atoms. The molecule has 0 atom stereocenters. The number of benzene rings is 2. The largest absolute Gasteiger partial charge is 0.455 e. The molecule has 0 amide bonds. The van der Waals surface area contributed by atoms with E-state index in [4.69, 9.17) is 15.9 Å². The number of furan rings is 1. The summed E-state index contributed by atoms with van der Waals surface area (Å²) in [7, 11) is 0. The van der Waals surface area contributed by atoms with Crippen molar-refractivity contribution in [3.8, 4) is 0 Å². The fraction of sp³-hybridized carbons (Fsp3) is 0. The van der Waals surface area contributed by atoms with Crippen molar-refractivity contribution in [3.63, 3.8) is 0 Å². The molecule has 5 heteroatoms. The summed E-state index contributed by atoms with van der Waals surface area (Å²) < 4.78 is 5.84. The average molecular weight is 252 g/mol. The van der Waals surface area contributed by atoms with Crippen molar-refractivity contribution >= 4 is 34.1 Å². The quantitative estimate of drug-likeness (QED) is 0.416. The third kappa shape index (κ3) is 2.01. The van der Waals surface area contributed by atoms with E-state index in [2.05, 4.69) is 10.2 Å². The van der Waals surface area contributed by atoms with E-state index in [1.165, 1.54) is 0 Å². The van der Waals surface area contributed by atoms with Gasteiger partial charge in [-0.25, -0.2) is 0 Å². The van der Waals surface area contributed by atoms with Gasteiger partial charge >= 0.3 is 0 Å². The normalized spacial score (nSPS) is 11.4. The molecule has 0 aliphatic rings. The highest BCUT2D eigenvalue weighted by molar-refractivity contribution is 6.10. The Morgan fingerprint density at radius 3 is 2.63 bits per heavy atom. The molecule has 5 nitrogen and oxygen atoms in total. The topological polar surface area (TPSA) is 89.9 Å². The first kappa shape index (κ1) is 11.3. The molecule has 1 heterocycles. The smallest absolute Gasteiger partial charge is 0.211 e. The molecule has 94 valence electrons. The van der Waals surface area contributed by atoms with Gasteiger partial charge in [0.05, 0.1) is 6.21 Å². The van der Waals surface area contributed by atoms with Crippen LogP contribution in [0.25, 0.3) is 21.9 Å². The Balaban J connectivity index is 2.21. The minimum atomic E-state index is -0.0759. The van der Waals surface area contributed by atoms with Crippen molar-refractivity contribution < 1.29 is 4.42 Å². The number of hydrogen-bond acceptors (Lipinski definition) is 3. The molecule has 1 aromatic heterocycles. The van der Waals surface area contributed by atoms with Crippen LogP contribution in [0.4, 0.5) is 0 Å². The van der Waals surface area contributed by atoms with E-state index < -0.39 is 0 Å². The van der Waals surface area contributed by atoms with Gasteiger partial charge in [0.15, 0.2) is 0 Å². The highest BCUT2D eigenvalue weighted by atomic mass is 16.3. The van der Waals surface area contributed by atoms with Gasteiger partial charge < -0.3 is 15.9 Å². The van der Waals surface area contributed by atoms with Crippen LogP contribution in [0.3, 0.4) is 0 Å². The van der Waals surface area contributed by atoms with E-state index in [1.54, 1.807) is 6.21 Å². The highest BCUT2D eigenvalue weighted by Gasteiger charge is 2.08. The molecule has 0 fully saturated rings. The molecule has 0 aliphatic carbocycles. The first-order valence-corrected chi connectivity index (χ1v) is 5.78. The maximum atomic E-state index is 5.84. The molecular formula is C14H12N4O. The highest BCUT2D eigenvalue weighted by Crippen LogP contribution is 2.29. The lowest BCUT2D eigenvalue weighted by molar-refractivity contribution is 0.668. The molecule has 19 heavy (non-hydrogen) atoms. The van der Waals surface area contributed by atoms with Crippen molar-refractivity contribution in [1.82, 2.24) is 0 Å². The average Bonchev–Trinajstić information content (AvgIpc) is 2.78. The zero-order chi connectivity index (χ0) is 13.2. The lowest BCUT2D eigenvalue weighted by atomic mass is 10.1. The predicted octanol–water partition coefficient (Wildman–Crippen LogP) is 2.19. The van der Waals surface area contributed by atoms with Crippen LogP contribution >= 0.6 is 0 Å². The Morgan fingerprint density at radius 2 is 1.79 bits per heavy atom. The molecule has 0 bridgehead atoms. The summed E-state index contributed by atoms with van der Waals surface area (Å²) >= 11 is 0. The molecule has 0 saturated carbocycles. The summed E-state index contributed by atoms with van der Waals surface area (Å²) in [6.45, 7) is 0. The van der Waals surface area contributed by atoms with Crippen LogP contribution in [0.15, 0.2) is 57.1 Å². The van der Waals surface area contributed by atoms with Crippen molar-refractivity contribution in [2.24, 2.45) is 21.7 Å². The fourth-order valence-corrected chi connectivity index (χ4v) is 2.03. The summed E-state index contributed by atoms with van der Waals surface area (Å²) in [6, 6.07) is 13.7. The molecule has 0 unspecified atom stereocenters. The van der Waals surface area contributed by atoms with Crippen molar-refractivity contribution in [2.75, 3.05) is 0 Å². The molecule has 4 N–H and O–H groups in total. The van der Waals surface area contributed by atoms with Gasteiger partial charge in [0, 0.05) is 16.3 Å². The van der Waals surface area contributed by atoms with E-state index in [0.717, 1.165) is 27.5 Å². The Labute approximate surface area is 109 Å². The molecule has 0 radical (unpaired) electrons. The van der Waals surface area contributed by atoms with Gasteiger partial charge in [-0.05, 0) is 12.1 Å². The van der Waals surface area contributed by atoms with Gasteiger partial charge in [-0.1, -0.05) is 30.3 Å². The van der Waals surface area contributed by atoms with Crippen LogP contribution in [0.1, 0.15) is 5.56 Å². The van der Waals surface area contributed by atoms with Gasteiger partial charge in [-0.2, -0.15) is 5.10 Å². The summed E-state index contributed by atoms with van der Waals surface area (Å²) in [4.78, 5) is 0. The zero-order valence-electron chi connectivity index (χ0n) is 10.1. The number of para-hydroxylation sites is 2. The van der Waals surface area contributed by atoms with Crippen molar-refractivity contribution in [1.29, 1.82) is 0 Å². The third-order valence-electron chi connectivity index (χ3n) is 2.80. The van der Waals surface area contributed by atoms with Crippen molar-refractivity contribution in [3.05, 3.63) is 48.0 Å². The van der Waals surface area contributed by atoms with Gasteiger partial charge in [0.25, 0.3) is 0 Å². The lowest BCUT2D eigenvalue weighted by Crippen LogP contribution is -2.21. The fourth-order valence-electron chi connectivity index (χ4n) is 2.03. The van der Waals surface area contributed by atoms with Gasteiger partial charge in [0.2, 0.25) is 5.96 Å². The van der Waals surface area contributed by atoms with Crippen LogP contribution in [-0.4, -0.2) is 12.2 Å². The second kappa shape index (κ2) is 4.45.